The molecule has 0 aliphatic rings. The molecule has 1 aromatic rings. The van der Waals surface area contributed by atoms with Gasteiger partial charge < -0.3 is 5.73 Å². The Hall–Kier alpha value is -2.62. The van der Waals surface area contributed by atoms with Gasteiger partial charge in [-0.1, -0.05) is 0 Å². The van der Waals surface area contributed by atoms with Crippen LogP contribution in [0.3, 0.4) is 0 Å². The number of carbonyl (C=O) groups excluding carboxylic acids is 2. The maximum atomic E-state index is 13.5. The van der Waals surface area contributed by atoms with E-state index in [1.165, 1.54) is 0 Å². The summed E-state index contributed by atoms with van der Waals surface area (Å²) in [7, 11) is 0. The average molecular weight is 275 g/mol. The largest absolute Gasteiger partial charge is 0.368 e. The average Bonchev–Trinajstić information content (AvgIpc) is 2.30. The number of benzene rings is 1. The number of rotatable bonds is 5. The maximum Gasteiger partial charge on any atom is 0.308 e. The molecule has 0 saturated heterocycles. The summed E-state index contributed by atoms with van der Waals surface area (Å²) in [6.45, 7) is -0.690. The number of primary amides is 1. The first-order valence-corrected chi connectivity index (χ1v) is 4.66. The van der Waals surface area contributed by atoms with Gasteiger partial charge in [-0.2, -0.15) is 4.39 Å². The van der Waals surface area contributed by atoms with Gasteiger partial charge in [0.2, 0.25) is 11.7 Å². The number of nitrogens with two attached hydrogens (primary N) is 1. The minimum atomic E-state index is -1.52. The molecule has 102 valence electrons. The molecule has 0 aliphatic heterocycles. The van der Waals surface area contributed by atoms with E-state index in [9.17, 15) is 28.5 Å². The highest BCUT2D eigenvalue weighted by molar-refractivity contribution is 5.94. The molecule has 8 nitrogen and oxygen atoms in total. The van der Waals surface area contributed by atoms with Crippen LogP contribution < -0.4 is 11.2 Å². The highest BCUT2D eigenvalue weighted by Gasteiger charge is 2.24. The molecule has 0 saturated carbocycles. The monoisotopic (exact) mass is 275 g/mol. The van der Waals surface area contributed by atoms with Crippen LogP contribution in [0.15, 0.2) is 12.1 Å². The smallest absolute Gasteiger partial charge is 0.308 e. The van der Waals surface area contributed by atoms with Crippen LogP contribution in [-0.2, 0) is 9.63 Å². The van der Waals surface area contributed by atoms with E-state index in [1.807, 2.05) is 0 Å². The third kappa shape index (κ3) is 3.67. The van der Waals surface area contributed by atoms with E-state index in [2.05, 4.69) is 4.84 Å². The molecule has 0 fully saturated rings. The second-order valence-electron chi connectivity index (χ2n) is 3.23. The number of hydrogen-bond acceptors (Lipinski definition) is 5. The van der Waals surface area contributed by atoms with E-state index in [-0.39, 0.29) is 0 Å². The minimum absolute atomic E-state index is 0.330. The van der Waals surface area contributed by atoms with Crippen molar-refractivity contribution in [1.29, 1.82) is 0 Å². The molecule has 1 rings (SSSR count). The Balaban J connectivity index is 2.96. The SMILES string of the molecule is NC(=O)CONC(=O)c1cc(F)cc([N+](=O)[O-])c1F. The standard InChI is InChI=1S/C9H7F2N3O5/c10-4-1-5(8(11)6(2-4)14(17)18)9(16)13-19-3-7(12)15/h1-2H,3H2,(H2,12,15)(H,13,16). The van der Waals surface area contributed by atoms with Crippen LogP contribution >= 0.6 is 0 Å². The molecule has 2 amide bonds. The van der Waals surface area contributed by atoms with Gasteiger partial charge in [0.25, 0.3) is 5.91 Å². The van der Waals surface area contributed by atoms with E-state index in [1.54, 1.807) is 5.48 Å². The van der Waals surface area contributed by atoms with E-state index in [0.29, 0.717) is 12.1 Å². The van der Waals surface area contributed by atoms with Crippen molar-refractivity contribution in [2.45, 2.75) is 0 Å². The number of hydrogen-bond donors (Lipinski definition) is 2. The minimum Gasteiger partial charge on any atom is -0.368 e. The Bertz CT molecular complexity index is 549. The summed E-state index contributed by atoms with van der Waals surface area (Å²) in [4.78, 5) is 35.2. The van der Waals surface area contributed by atoms with Gasteiger partial charge in [-0.3, -0.25) is 24.5 Å². The summed E-state index contributed by atoms with van der Waals surface area (Å²) in [6, 6.07) is 0.779. The number of halogens is 2. The van der Waals surface area contributed by atoms with Gasteiger partial charge >= 0.3 is 5.69 Å². The zero-order chi connectivity index (χ0) is 14.6. The number of nitrogens with zero attached hydrogens (tertiary/aromatic N) is 1. The van der Waals surface area contributed by atoms with Crippen molar-refractivity contribution < 1.29 is 28.1 Å². The van der Waals surface area contributed by atoms with E-state index in [4.69, 9.17) is 5.73 Å². The lowest BCUT2D eigenvalue weighted by atomic mass is 10.1. The highest BCUT2D eigenvalue weighted by atomic mass is 19.1. The Kier molecular flexibility index (Phi) is 4.42. The van der Waals surface area contributed by atoms with Crippen LogP contribution in [0.5, 0.6) is 0 Å². The first kappa shape index (κ1) is 14.4. The van der Waals surface area contributed by atoms with Crippen molar-refractivity contribution in [1.82, 2.24) is 5.48 Å². The molecule has 1 aromatic carbocycles. The van der Waals surface area contributed by atoms with Crippen LogP contribution in [0, 0.1) is 21.7 Å². The molecule has 0 spiro atoms. The van der Waals surface area contributed by atoms with Crippen molar-refractivity contribution in [2.75, 3.05) is 6.61 Å². The fourth-order valence-electron chi connectivity index (χ4n) is 1.10. The van der Waals surface area contributed by atoms with Gasteiger partial charge in [0.15, 0.2) is 6.61 Å². The van der Waals surface area contributed by atoms with Crippen LogP contribution in [-0.4, -0.2) is 23.3 Å². The van der Waals surface area contributed by atoms with E-state index >= 15 is 0 Å². The first-order valence-electron chi connectivity index (χ1n) is 4.66. The Morgan fingerprint density at radius 2 is 2.05 bits per heavy atom. The molecule has 0 aromatic heterocycles. The van der Waals surface area contributed by atoms with Gasteiger partial charge in [0, 0.05) is 0 Å². The topological polar surface area (TPSA) is 125 Å². The van der Waals surface area contributed by atoms with Crippen LogP contribution in [0.25, 0.3) is 0 Å². The molecular weight excluding hydrogens is 268 g/mol. The predicted octanol–water partition coefficient (Wildman–Crippen LogP) is 0.0197. The number of nitro benzene ring substituents is 1. The highest BCUT2D eigenvalue weighted by Crippen LogP contribution is 2.22. The lowest BCUT2D eigenvalue weighted by Gasteiger charge is -2.05. The van der Waals surface area contributed by atoms with Gasteiger partial charge in [-0.15, -0.1) is 0 Å². The number of carbonyl (C=O) groups is 2. The van der Waals surface area contributed by atoms with Gasteiger partial charge in [-0.05, 0) is 6.07 Å². The summed E-state index contributed by atoms with van der Waals surface area (Å²) < 4.78 is 26.5. The molecule has 10 heteroatoms. The van der Waals surface area contributed by atoms with Crippen molar-refractivity contribution in [3.05, 3.63) is 39.4 Å². The number of hydroxylamine groups is 1. The van der Waals surface area contributed by atoms with Crippen molar-refractivity contribution in [2.24, 2.45) is 5.73 Å². The second-order valence-corrected chi connectivity index (χ2v) is 3.23. The lowest BCUT2D eigenvalue weighted by Crippen LogP contribution is -2.30. The van der Waals surface area contributed by atoms with E-state index in [0.717, 1.165) is 0 Å². The maximum absolute atomic E-state index is 13.5. The summed E-state index contributed by atoms with van der Waals surface area (Å²) >= 11 is 0. The summed E-state index contributed by atoms with van der Waals surface area (Å²) in [6.07, 6.45) is 0. The second kappa shape index (κ2) is 5.82. The van der Waals surface area contributed by atoms with Gasteiger partial charge in [-0.25, -0.2) is 9.87 Å². The quantitative estimate of drug-likeness (QED) is 0.579. The number of nitrogens with one attached hydrogen (secondary N) is 1. The first-order chi connectivity index (χ1) is 8.82. The number of amides is 2. The van der Waals surface area contributed by atoms with Gasteiger partial charge in [0.05, 0.1) is 16.6 Å². The molecule has 19 heavy (non-hydrogen) atoms. The lowest BCUT2D eigenvalue weighted by molar-refractivity contribution is -0.387. The third-order valence-electron chi connectivity index (χ3n) is 1.84. The number of nitro groups is 1. The Morgan fingerprint density at radius 1 is 1.42 bits per heavy atom. The molecule has 3 N–H and O–H groups in total. The molecule has 0 heterocycles. The van der Waals surface area contributed by atoms with Crippen molar-refractivity contribution in [3.63, 3.8) is 0 Å². The van der Waals surface area contributed by atoms with Crippen molar-refractivity contribution >= 4 is 17.5 Å². The molecule has 0 radical (unpaired) electrons. The molecular formula is C9H7F2N3O5. The Morgan fingerprint density at radius 3 is 2.58 bits per heavy atom. The normalized spacial score (nSPS) is 10.0. The molecule has 0 aliphatic carbocycles. The zero-order valence-electron chi connectivity index (χ0n) is 9.18. The van der Waals surface area contributed by atoms with Crippen molar-refractivity contribution in [3.8, 4) is 0 Å². The van der Waals surface area contributed by atoms with Gasteiger partial charge in [0.1, 0.15) is 5.82 Å². The summed E-state index contributed by atoms with van der Waals surface area (Å²) in [5.74, 6) is -4.90. The third-order valence-corrected chi connectivity index (χ3v) is 1.84. The molecule has 0 bridgehead atoms. The Labute approximate surface area is 104 Å². The fourth-order valence-corrected chi connectivity index (χ4v) is 1.10. The van der Waals surface area contributed by atoms with Crippen LogP contribution in [0.2, 0.25) is 0 Å². The van der Waals surface area contributed by atoms with Crippen LogP contribution in [0.4, 0.5) is 14.5 Å². The molecule has 0 unspecified atom stereocenters. The summed E-state index contributed by atoms with van der Waals surface area (Å²) in [5.41, 5.74) is 4.16. The van der Waals surface area contributed by atoms with Crippen LogP contribution in [0.1, 0.15) is 10.4 Å². The summed E-state index contributed by atoms with van der Waals surface area (Å²) in [5, 5.41) is 10.4. The zero-order valence-corrected chi connectivity index (χ0v) is 9.18. The van der Waals surface area contributed by atoms with E-state index < -0.39 is 46.2 Å². The fraction of sp³-hybridized carbons (Fsp3) is 0.111. The molecule has 0 atom stereocenters. The predicted molar refractivity (Wildman–Crippen MR) is 55.6 cm³/mol.